The molecule has 5 rings (SSSR count). The average molecular weight is 377 g/mol. The first-order valence-electron chi connectivity index (χ1n) is 8.80. The lowest BCUT2D eigenvalue weighted by Crippen LogP contribution is -3.00. The Hall–Kier alpha value is -2.98. The van der Waals surface area contributed by atoms with Crippen LogP contribution in [0.4, 0.5) is 5.69 Å². The number of imidazole rings is 1. The first kappa shape index (κ1) is 17.4. The summed E-state index contributed by atoms with van der Waals surface area (Å²) in [6.45, 7) is 0. The monoisotopic (exact) mass is 376 g/mol. The molecule has 27 heavy (non-hydrogen) atoms. The molecule has 0 spiro atoms. The highest BCUT2D eigenvalue weighted by Crippen LogP contribution is 2.29. The third-order valence-electron chi connectivity index (χ3n) is 5.24. The highest BCUT2D eigenvalue weighted by molar-refractivity contribution is 6.11. The molecule has 136 valence electrons. The lowest BCUT2D eigenvalue weighted by molar-refractivity contribution is -0.510. The van der Waals surface area contributed by atoms with Gasteiger partial charge >= 0.3 is 0 Å². The number of rotatable bonds is 2. The molecule has 0 atom stereocenters. The highest BCUT2D eigenvalue weighted by atomic mass is 35.5. The maximum atomic E-state index is 2.29. The van der Waals surface area contributed by atoms with Crippen molar-refractivity contribution < 1.29 is 16.8 Å². The first-order chi connectivity index (χ1) is 12.6. The quantitative estimate of drug-likeness (QED) is 0.419. The van der Waals surface area contributed by atoms with E-state index in [1.54, 1.807) is 0 Å². The van der Waals surface area contributed by atoms with Crippen LogP contribution in [0.25, 0.3) is 33.0 Å². The van der Waals surface area contributed by atoms with Gasteiger partial charge in [-0.3, -0.25) is 0 Å². The second-order valence-electron chi connectivity index (χ2n) is 7.01. The van der Waals surface area contributed by atoms with Gasteiger partial charge in [-0.15, -0.1) is 0 Å². The molecule has 0 aliphatic rings. The molecule has 0 radical (unpaired) electrons. The summed E-state index contributed by atoms with van der Waals surface area (Å²) in [5.41, 5.74) is 6.09. The molecule has 3 heterocycles. The maximum absolute atomic E-state index is 2.29. The second kappa shape index (κ2) is 6.32. The van der Waals surface area contributed by atoms with E-state index in [0.717, 1.165) is 5.69 Å². The molecule has 0 bridgehead atoms. The number of halogens is 1. The normalized spacial score (nSPS) is 11.2. The molecular weight excluding hydrogens is 356 g/mol. The van der Waals surface area contributed by atoms with Crippen LogP contribution in [0.5, 0.6) is 0 Å². The van der Waals surface area contributed by atoms with Crippen LogP contribution in [0.15, 0.2) is 73.3 Å². The van der Waals surface area contributed by atoms with Crippen molar-refractivity contribution in [3.63, 3.8) is 0 Å². The van der Waals surface area contributed by atoms with Crippen molar-refractivity contribution in [3.05, 3.63) is 73.3 Å². The van der Waals surface area contributed by atoms with Gasteiger partial charge < -0.3 is 21.9 Å². The topological polar surface area (TPSA) is 17.2 Å². The van der Waals surface area contributed by atoms with Gasteiger partial charge in [0.25, 0.3) is 6.33 Å². The molecule has 0 aliphatic carbocycles. The number of para-hydroxylation sites is 1. The summed E-state index contributed by atoms with van der Waals surface area (Å²) in [5, 5.41) is 2.60. The largest absolute Gasteiger partial charge is 1.00 e. The van der Waals surface area contributed by atoms with Crippen LogP contribution in [-0.2, 0) is 7.05 Å². The fourth-order valence-corrected chi connectivity index (χ4v) is 3.85. The van der Waals surface area contributed by atoms with Crippen LogP contribution in [0.3, 0.4) is 0 Å². The Morgan fingerprint density at radius 3 is 2.37 bits per heavy atom. The minimum Gasteiger partial charge on any atom is -1.00 e. The van der Waals surface area contributed by atoms with Crippen LogP contribution in [0.1, 0.15) is 0 Å². The number of nitrogens with zero attached hydrogens (tertiary/aromatic N) is 4. The van der Waals surface area contributed by atoms with Gasteiger partial charge in [0, 0.05) is 43.1 Å². The van der Waals surface area contributed by atoms with E-state index in [1.165, 1.54) is 33.0 Å². The van der Waals surface area contributed by atoms with Crippen molar-refractivity contribution in [2.45, 2.75) is 0 Å². The van der Waals surface area contributed by atoms with E-state index in [0.29, 0.717) is 0 Å². The zero-order valence-electron chi connectivity index (χ0n) is 15.6. The molecule has 5 heteroatoms. The van der Waals surface area contributed by atoms with Crippen molar-refractivity contribution >= 4 is 33.0 Å². The molecule has 0 N–H and O–H groups in total. The smallest absolute Gasteiger partial charge is 0.254 e. The molecule has 0 fully saturated rings. The van der Waals surface area contributed by atoms with Crippen molar-refractivity contribution in [2.24, 2.45) is 7.05 Å². The molecular formula is C22H21ClN4. The Morgan fingerprint density at radius 2 is 1.63 bits per heavy atom. The summed E-state index contributed by atoms with van der Waals surface area (Å²) in [6.07, 6.45) is 6.50. The van der Waals surface area contributed by atoms with Gasteiger partial charge in [-0.25, -0.2) is 8.97 Å². The lowest BCUT2D eigenvalue weighted by Gasteiger charge is -2.11. The van der Waals surface area contributed by atoms with E-state index in [1.807, 2.05) is 0 Å². The van der Waals surface area contributed by atoms with E-state index in [4.69, 9.17) is 0 Å². The number of aryl methyl sites for hydroxylation is 1. The Morgan fingerprint density at radius 1 is 0.889 bits per heavy atom. The Labute approximate surface area is 164 Å². The fourth-order valence-electron chi connectivity index (χ4n) is 3.85. The Balaban J connectivity index is 0.00000180. The molecule has 3 aromatic heterocycles. The van der Waals surface area contributed by atoms with Gasteiger partial charge in [-0.05, 0) is 36.4 Å². The summed E-state index contributed by atoms with van der Waals surface area (Å²) >= 11 is 0. The summed E-state index contributed by atoms with van der Waals surface area (Å²) in [6, 6.07) is 19.4. The predicted octanol–water partition coefficient (Wildman–Crippen LogP) is 0.931. The van der Waals surface area contributed by atoms with Crippen molar-refractivity contribution in [3.8, 4) is 5.69 Å². The van der Waals surface area contributed by atoms with Gasteiger partial charge in [0.05, 0.1) is 6.20 Å². The number of benzene rings is 2. The van der Waals surface area contributed by atoms with E-state index in [9.17, 15) is 0 Å². The summed E-state index contributed by atoms with van der Waals surface area (Å²) in [5.74, 6) is 0. The molecule has 4 nitrogen and oxygen atoms in total. The van der Waals surface area contributed by atoms with Gasteiger partial charge in [-0.1, -0.05) is 18.2 Å². The van der Waals surface area contributed by atoms with Crippen molar-refractivity contribution in [2.75, 3.05) is 19.0 Å². The predicted molar refractivity (Wildman–Crippen MR) is 107 cm³/mol. The van der Waals surface area contributed by atoms with Crippen molar-refractivity contribution in [1.82, 2.24) is 9.13 Å². The lowest BCUT2D eigenvalue weighted by atomic mass is 10.2. The number of pyridine rings is 1. The summed E-state index contributed by atoms with van der Waals surface area (Å²) < 4.78 is 6.67. The van der Waals surface area contributed by atoms with Crippen LogP contribution in [-0.4, -0.2) is 23.2 Å². The van der Waals surface area contributed by atoms with E-state index >= 15 is 0 Å². The highest BCUT2D eigenvalue weighted by Gasteiger charge is 2.17. The van der Waals surface area contributed by atoms with Gasteiger partial charge in [0.2, 0.25) is 0 Å². The molecule has 0 saturated heterocycles. The minimum absolute atomic E-state index is 0. The number of hydrogen-bond donors (Lipinski definition) is 0. The standard InChI is InChI=1S/C22H21N4.ClH/c1-23(2)16-8-10-17(11-9-16)26-14-21-22-19(12-13-25(21)15-26)18-6-4-5-7-20(18)24(22)3;/h4-15H,1-3H3;1H/q+1;/p-1. The molecule has 2 aromatic carbocycles. The van der Waals surface area contributed by atoms with Crippen LogP contribution in [0.2, 0.25) is 0 Å². The fraction of sp³-hybridized carbons (Fsp3) is 0.136. The number of aromatic nitrogens is 3. The third-order valence-corrected chi connectivity index (χ3v) is 5.24. The maximum Gasteiger partial charge on any atom is 0.254 e. The molecule has 0 aliphatic heterocycles. The molecule has 0 saturated carbocycles. The van der Waals surface area contributed by atoms with Gasteiger partial charge in [0.15, 0.2) is 5.52 Å². The van der Waals surface area contributed by atoms with E-state index in [-0.39, 0.29) is 12.4 Å². The number of hydrogen-bond acceptors (Lipinski definition) is 1. The zero-order chi connectivity index (χ0) is 17.8. The zero-order valence-corrected chi connectivity index (χ0v) is 16.4. The summed E-state index contributed by atoms with van der Waals surface area (Å²) in [4.78, 5) is 2.11. The van der Waals surface area contributed by atoms with Crippen LogP contribution < -0.4 is 21.7 Å². The van der Waals surface area contributed by atoms with Crippen molar-refractivity contribution in [1.29, 1.82) is 0 Å². The van der Waals surface area contributed by atoms with E-state index in [2.05, 4.69) is 113 Å². The third kappa shape index (κ3) is 2.56. The molecule has 0 amide bonds. The molecule has 0 unspecified atom stereocenters. The first-order valence-corrected chi connectivity index (χ1v) is 8.80. The number of fused-ring (bicyclic) bond motifs is 5. The SMILES string of the molecule is CN(C)c1ccc(-n2cc3c4c(cc[n+]3c2)c2ccccc2n4C)cc1.[Cl-]. The molecule has 5 aromatic rings. The minimum atomic E-state index is 0. The van der Waals surface area contributed by atoms with Gasteiger partial charge in [-0.2, -0.15) is 0 Å². The average Bonchev–Trinajstić information content (AvgIpc) is 3.22. The second-order valence-corrected chi connectivity index (χ2v) is 7.01. The number of anilines is 1. The van der Waals surface area contributed by atoms with Crippen LogP contribution in [0, 0.1) is 0 Å². The Kier molecular flexibility index (Phi) is 4.08. The Bertz CT molecular complexity index is 1260. The summed E-state index contributed by atoms with van der Waals surface area (Å²) in [7, 11) is 6.27. The van der Waals surface area contributed by atoms with E-state index < -0.39 is 0 Å². The van der Waals surface area contributed by atoms with Crippen LogP contribution >= 0.6 is 0 Å². The van der Waals surface area contributed by atoms with Gasteiger partial charge in [0.1, 0.15) is 17.4 Å².